The van der Waals surface area contributed by atoms with Crippen molar-refractivity contribution in [1.82, 2.24) is 5.32 Å². The molecule has 10 heteroatoms. The molecule has 298 valence electrons. The molecule has 8 nitrogen and oxygen atoms in total. The number of nitrogens with zero attached hydrogens (tertiary/aromatic N) is 2. The van der Waals surface area contributed by atoms with Crippen LogP contribution in [0.15, 0.2) is 59.0 Å². The van der Waals surface area contributed by atoms with Gasteiger partial charge in [-0.25, -0.2) is 4.58 Å². The maximum absolute atomic E-state index is 14.2. The van der Waals surface area contributed by atoms with Crippen molar-refractivity contribution in [1.29, 1.82) is 0 Å². The Bertz CT molecular complexity index is 1620. The third kappa shape index (κ3) is 12.4. The zero-order chi connectivity index (χ0) is 39.9. The molecule has 54 heavy (non-hydrogen) atoms. The molecule has 0 bridgehead atoms. The van der Waals surface area contributed by atoms with E-state index >= 15 is 0 Å². The van der Waals surface area contributed by atoms with Crippen LogP contribution < -0.4 is 20.6 Å². The number of hydrogen-bond donors (Lipinski definition) is 2. The van der Waals surface area contributed by atoms with Crippen LogP contribution in [0.25, 0.3) is 5.57 Å². The monoisotopic (exact) mass is 778 g/mol. The highest BCUT2D eigenvalue weighted by Crippen LogP contribution is 2.42. The Hall–Kier alpha value is -3.24. The number of benzene rings is 1. The van der Waals surface area contributed by atoms with Crippen molar-refractivity contribution in [2.24, 2.45) is 0 Å². The minimum Gasteiger partial charge on any atom is -0.871 e. The SMILES string of the molecule is CCCCCSCCC(=O)NC1=CC(=[N+](C(C)C)C(C)C)C=C/C1=C1\C(=O)C(c2ccc(N(C(C)C)C(C)C)cc2NC(=O)CCSCCCCC)=C1[O-]. The third-order valence-electron chi connectivity index (χ3n) is 9.55. The van der Waals surface area contributed by atoms with Crippen LogP contribution >= 0.6 is 23.5 Å². The second kappa shape index (κ2) is 22.3. The highest BCUT2D eigenvalue weighted by atomic mass is 32.2. The van der Waals surface area contributed by atoms with Crippen LogP contribution in [-0.2, 0) is 14.4 Å². The molecule has 0 heterocycles. The number of thioether (sulfide) groups is 2. The molecule has 0 radical (unpaired) electrons. The van der Waals surface area contributed by atoms with Gasteiger partial charge in [0.05, 0.1) is 11.4 Å². The second-order valence-electron chi connectivity index (χ2n) is 15.3. The Morgan fingerprint density at radius 1 is 0.759 bits per heavy atom. The molecule has 0 saturated carbocycles. The number of allylic oxidation sites excluding steroid dienone is 5. The lowest BCUT2D eigenvalue weighted by Gasteiger charge is -2.36. The molecule has 2 aliphatic rings. The highest BCUT2D eigenvalue weighted by molar-refractivity contribution is 7.99. The average Bonchev–Trinajstić information content (AvgIpc) is 3.09. The first-order chi connectivity index (χ1) is 25.7. The third-order valence-corrected chi connectivity index (χ3v) is 11.7. The Morgan fingerprint density at radius 3 is 1.81 bits per heavy atom. The van der Waals surface area contributed by atoms with Gasteiger partial charge in [-0.2, -0.15) is 23.5 Å². The fourth-order valence-corrected chi connectivity index (χ4v) is 9.05. The molecule has 3 rings (SSSR count). The number of hydrogen-bond acceptors (Lipinski definition) is 7. The predicted molar refractivity (Wildman–Crippen MR) is 231 cm³/mol. The van der Waals surface area contributed by atoms with E-state index in [1.165, 1.54) is 12.8 Å². The summed E-state index contributed by atoms with van der Waals surface area (Å²) in [7, 11) is 0. The van der Waals surface area contributed by atoms with Gasteiger partial charge < -0.3 is 20.6 Å². The molecular formula is C44H66N4O4S2. The van der Waals surface area contributed by atoms with Gasteiger partial charge in [-0.3, -0.25) is 14.4 Å². The van der Waals surface area contributed by atoms with Gasteiger partial charge in [-0.1, -0.05) is 51.4 Å². The number of carbonyl (C=O) groups is 3. The fraction of sp³-hybridized carbons (Fsp3) is 0.591. The smallest absolute Gasteiger partial charge is 0.225 e. The number of amides is 2. The first kappa shape index (κ1) is 45.2. The molecule has 0 aliphatic heterocycles. The van der Waals surface area contributed by atoms with Gasteiger partial charge in [0, 0.05) is 76.6 Å². The summed E-state index contributed by atoms with van der Waals surface area (Å²) >= 11 is 3.54. The molecule has 2 aliphatic carbocycles. The van der Waals surface area contributed by atoms with Crippen LogP contribution in [0.2, 0.25) is 0 Å². The molecule has 2 N–H and O–H groups in total. The Kier molecular flexibility index (Phi) is 18.7. The van der Waals surface area contributed by atoms with Crippen molar-refractivity contribution in [2.45, 2.75) is 145 Å². The summed E-state index contributed by atoms with van der Waals surface area (Å²) < 4.78 is 2.24. The van der Waals surface area contributed by atoms with Crippen molar-refractivity contribution in [3.8, 4) is 0 Å². The summed E-state index contributed by atoms with van der Waals surface area (Å²) in [6.45, 7) is 21.3. The number of unbranched alkanes of at least 4 members (excludes halogenated alkanes) is 4. The fourth-order valence-electron chi connectivity index (χ4n) is 7.16. The van der Waals surface area contributed by atoms with Gasteiger partial charge in [0.15, 0.2) is 5.78 Å². The van der Waals surface area contributed by atoms with Crippen molar-refractivity contribution in [3.63, 3.8) is 0 Å². The zero-order valence-electron chi connectivity index (χ0n) is 34.6. The van der Waals surface area contributed by atoms with Crippen LogP contribution in [0.5, 0.6) is 0 Å². The van der Waals surface area contributed by atoms with Crippen LogP contribution in [0, 0.1) is 0 Å². The van der Waals surface area contributed by atoms with E-state index in [1.54, 1.807) is 35.7 Å². The van der Waals surface area contributed by atoms with Crippen molar-refractivity contribution in [2.75, 3.05) is 33.2 Å². The number of ketones is 1. The molecule has 0 aromatic heterocycles. The van der Waals surface area contributed by atoms with Crippen LogP contribution in [0.4, 0.5) is 11.4 Å². The summed E-state index contributed by atoms with van der Waals surface area (Å²) in [4.78, 5) is 43.0. The summed E-state index contributed by atoms with van der Waals surface area (Å²) in [6.07, 6.45) is 13.2. The van der Waals surface area contributed by atoms with E-state index in [-0.39, 0.29) is 47.1 Å². The molecule has 0 spiro atoms. The Labute approximate surface area is 334 Å². The van der Waals surface area contributed by atoms with Crippen LogP contribution in [-0.4, -0.2) is 75.1 Å². The first-order valence-corrected chi connectivity index (χ1v) is 22.5. The number of nitrogens with one attached hydrogen (secondary N) is 2. The van der Waals surface area contributed by atoms with Gasteiger partial charge in [-0.15, -0.1) is 0 Å². The maximum atomic E-state index is 14.2. The zero-order valence-corrected chi connectivity index (χ0v) is 36.2. The first-order valence-electron chi connectivity index (χ1n) is 20.2. The summed E-state index contributed by atoms with van der Waals surface area (Å²) in [5, 5.41) is 20.3. The Morgan fingerprint density at radius 2 is 1.31 bits per heavy atom. The summed E-state index contributed by atoms with van der Waals surface area (Å²) in [5.74, 6) is 2.37. The lowest BCUT2D eigenvalue weighted by Crippen LogP contribution is -2.37. The lowest BCUT2D eigenvalue weighted by atomic mass is 9.78. The minimum absolute atomic E-state index is 0.0530. The molecular weight excluding hydrogens is 713 g/mol. The number of carbonyl (C=O) groups excluding carboxylic acids is 3. The topological polar surface area (TPSA) is 105 Å². The molecule has 1 aromatic carbocycles. The van der Waals surface area contributed by atoms with E-state index in [9.17, 15) is 19.5 Å². The highest BCUT2D eigenvalue weighted by Gasteiger charge is 2.35. The maximum Gasteiger partial charge on any atom is 0.225 e. The minimum atomic E-state index is -0.390. The van der Waals surface area contributed by atoms with Crippen molar-refractivity contribution in [3.05, 3.63) is 64.6 Å². The second-order valence-corrected chi connectivity index (χ2v) is 17.7. The van der Waals surface area contributed by atoms with Gasteiger partial charge in [-0.05, 0) is 97.9 Å². The summed E-state index contributed by atoms with van der Waals surface area (Å²) in [5.41, 5.74) is 3.67. The number of Topliss-reactive ketones (excluding diaryl/α,β-unsaturated/α-hetero) is 1. The van der Waals surface area contributed by atoms with Gasteiger partial charge in [0.25, 0.3) is 0 Å². The molecule has 2 amide bonds. The van der Waals surface area contributed by atoms with E-state index in [2.05, 4.69) is 89.3 Å². The Balaban J connectivity index is 2.04. The summed E-state index contributed by atoms with van der Waals surface area (Å²) in [6, 6.07) is 6.37. The number of anilines is 2. The average molecular weight is 779 g/mol. The van der Waals surface area contributed by atoms with Crippen LogP contribution in [0.1, 0.15) is 126 Å². The molecule has 1 aromatic rings. The van der Waals surface area contributed by atoms with Gasteiger partial charge in [0.1, 0.15) is 12.1 Å². The van der Waals surface area contributed by atoms with E-state index in [0.29, 0.717) is 46.9 Å². The standard InChI is InChI=1S/C44H66N4O4S2/c1-11-13-15-23-53-25-21-39(49)45-37-27-33(47(29(3)4)30(5)6)17-19-35(37)41-43(51)42(44(41)52)36-20-18-34(48(31(7)8)32(9)10)28-38(36)46-40(50)22-26-54-24-16-14-12-2/h17-20,27-32H,11-16,21-26H2,1-10H3,(H2,45,46,49,50,51,52). The van der Waals surface area contributed by atoms with E-state index in [4.69, 9.17) is 0 Å². The molecule has 0 atom stereocenters. The molecule has 0 fully saturated rings. The van der Waals surface area contributed by atoms with Crippen molar-refractivity contribution < 1.29 is 24.1 Å². The van der Waals surface area contributed by atoms with E-state index in [1.807, 2.05) is 24.3 Å². The van der Waals surface area contributed by atoms with E-state index < -0.39 is 11.5 Å². The lowest BCUT2D eigenvalue weighted by molar-refractivity contribution is -0.586. The van der Waals surface area contributed by atoms with E-state index in [0.717, 1.165) is 48.6 Å². The number of rotatable bonds is 22. The predicted octanol–water partition coefficient (Wildman–Crippen LogP) is 8.67. The molecule has 0 saturated heterocycles. The largest absolute Gasteiger partial charge is 0.871 e. The van der Waals surface area contributed by atoms with Crippen molar-refractivity contribution >= 4 is 63.8 Å². The van der Waals surface area contributed by atoms with Gasteiger partial charge in [0.2, 0.25) is 17.5 Å². The molecule has 0 unspecified atom stereocenters. The van der Waals surface area contributed by atoms with Crippen LogP contribution in [0.3, 0.4) is 0 Å². The quantitative estimate of drug-likeness (QED) is 0.0690. The normalized spacial score (nSPS) is 15.8. The van der Waals surface area contributed by atoms with Gasteiger partial charge >= 0.3 is 0 Å².